The number of nitrogens with zero attached hydrogens (tertiary/aromatic N) is 5. The zero-order chi connectivity index (χ0) is 17.5. The Hall–Kier alpha value is -3.55. The Labute approximate surface area is 143 Å². The minimum Gasteiger partial charge on any atom is -0.482 e. The molecule has 0 radical (unpaired) electrons. The SMILES string of the molecule is C/C(=N\OC(=O)COc1ccccc1)c1ccc(-n2cnnn2)cc1. The summed E-state index contributed by atoms with van der Waals surface area (Å²) >= 11 is 0. The molecule has 0 aliphatic heterocycles. The zero-order valence-corrected chi connectivity index (χ0v) is 13.4. The maximum atomic E-state index is 11.7. The van der Waals surface area contributed by atoms with Gasteiger partial charge in [-0.1, -0.05) is 35.5 Å². The van der Waals surface area contributed by atoms with Crippen LogP contribution >= 0.6 is 0 Å². The quantitative estimate of drug-likeness (QED) is 0.388. The number of rotatable bonds is 6. The van der Waals surface area contributed by atoms with Crippen molar-refractivity contribution >= 4 is 11.7 Å². The fourth-order valence-corrected chi connectivity index (χ4v) is 1.99. The maximum absolute atomic E-state index is 11.7. The Morgan fingerprint density at radius 3 is 2.56 bits per heavy atom. The van der Waals surface area contributed by atoms with Crippen LogP contribution in [0, 0.1) is 0 Å². The molecule has 0 amide bonds. The van der Waals surface area contributed by atoms with Crippen molar-refractivity contribution in [3.8, 4) is 11.4 Å². The van der Waals surface area contributed by atoms with Crippen LogP contribution in [0.3, 0.4) is 0 Å². The van der Waals surface area contributed by atoms with Gasteiger partial charge in [0.25, 0.3) is 0 Å². The van der Waals surface area contributed by atoms with Gasteiger partial charge >= 0.3 is 5.97 Å². The van der Waals surface area contributed by atoms with Crippen molar-refractivity contribution in [3.05, 3.63) is 66.5 Å². The van der Waals surface area contributed by atoms with E-state index < -0.39 is 5.97 Å². The average Bonchev–Trinajstić information content (AvgIpc) is 3.20. The number of aromatic nitrogens is 4. The van der Waals surface area contributed by atoms with Crippen LogP contribution in [-0.2, 0) is 9.63 Å². The first-order valence-electron chi connectivity index (χ1n) is 7.48. The van der Waals surface area contributed by atoms with Gasteiger partial charge in [0, 0.05) is 0 Å². The van der Waals surface area contributed by atoms with Crippen molar-refractivity contribution in [1.29, 1.82) is 0 Å². The summed E-state index contributed by atoms with van der Waals surface area (Å²) in [6.45, 7) is 1.54. The maximum Gasteiger partial charge on any atom is 0.372 e. The largest absolute Gasteiger partial charge is 0.482 e. The highest BCUT2D eigenvalue weighted by molar-refractivity contribution is 5.98. The van der Waals surface area contributed by atoms with E-state index in [1.165, 1.54) is 11.0 Å². The molecule has 8 nitrogen and oxygen atoms in total. The lowest BCUT2D eigenvalue weighted by molar-refractivity contribution is -0.146. The first-order valence-corrected chi connectivity index (χ1v) is 7.48. The predicted molar refractivity (Wildman–Crippen MR) is 89.4 cm³/mol. The topological polar surface area (TPSA) is 91.5 Å². The van der Waals surface area contributed by atoms with E-state index >= 15 is 0 Å². The van der Waals surface area contributed by atoms with E-state index in [0.717, 1.165) is 11.3 Å². The molecule has 0 unspecified atom stereocenters. The zero-order valence-electron chi connectivity index (χ0n) is 13.4. The second-order valence-corrected chi connectivity index (χ2v) is 5.04. The lowest BCUT2D eigenvalue weighted by atomic mass is 10.1. The van der Waals surface area contributed by atoms with Gasteiger partial charge < -0.3 is 9.57 Å². The molecule has 0 spiro atoms. The Morgan fingerprint density at radius 2 is 1.88 bits per heavy atom. The smallest absolute Gasteiger partial charge is 0.372 e. The molecule has 0 N–H and O–H groups in total. The van der Waals surface area contributed by atoms with Crippen molar-refractivity contribution in [2.24, 2.45) is 5.16 Å². The molecule has 0 bridgehead atoms. The molecule has 1 aromatic heterocycles. The Kier molecular flexibility index (Phi) is 5.10. The van der Waals surface area contributed by atoms with Gasteiger partial charge in [0.2, 0.25) is 0 Å². The van der Waals surface area contributed by atoms with Crippen molar-refractivity contribution in [3.63, 3.8) is 0 Å². The molecule has 1 heterocycles. The van der Waals surface area contributed by atoms with E-state index in [4.69, 9.17) is 9.57 Å². The number of benzene rings is 2. The van der Waals surface area contributed by atoms with Crippen molar-refractivity contribution in [2.75, 3.05) is 6.61 Å². The molecule has 126 valence electrons. The number of hydrogen-bond donors (Lipinski definition) is 0. The summed E-state index contributed by atoms with van der Waals surface area (Å²) in [6.07, 6.45) is 1.50. The summed E-state index contributed by atoms with van der Waals surface area (Å²) < 4.78 is 6.84. The third-order valence-corrected chi connectivity index (χ3v) is 3.28. The average molecular weight is 337 g/mol. The second kappa shape index (κ2) is 7.82. The summed E-state index contributed by atoms with van der Waals surface area (Å²) in [4.78, 5) is 16.6. The van der Waals surface area contributed by atoms with Crippen molar-refractivity contribution in [2.45, 2.75) is 6.92 Å². The van der Waals surface area contributed by atoms with Crippen molar-refractivity contribution < 1.29 is 14.4 Å². The minimum absolute atomic E-state index is 0.209. The van der Waals surface area contributed by atoms with E-state index in [2.05, 4.69) is 20.7 Å². The summed E-state index contributed by atoms with van der Waals surface area (Å²) in [7, 11) is 0. The fourth-order valence-electron chi connectivity index (χ4n) is 1.99. The molecule has 0 saturated heterocycles. The van der Waals surface area contributed by atoms with Gasteiger partial charge in [-0.05, 0) is 47.2 Å². The second-order valence-electron chi connectivity index (χ2n) is 5.04. The van der Waals surface area contributed by atoms with Gasteiger partial charge in [0.05, 0.1) is 11.4 Å². The Bertz CT molecular complexity index is 846. The van der Waals surface area contributed by atoms with E-state index in [0.29, 0.717) is 11.5 Å². The number of carbonyl (C=O) groups is 1. The third-order valence-electron chi connectivity index (χ3n) is 3.28. The molecular weight excluding hydrogens is 322 g/mol. The molecule has 0 aliphatic carbocycles. The highest BCUT2D eigenvalue weighted by Crippen LogP contribution is 2.10. The molecule has 2 aromatic carbocycles. The van der Waals surface area contributed by atoms with Crippen molar-refractivity contribution in [1.82, 2.24) is 20.2 Å². The van der Waals surface area contributed by atoms with Crippen LogP contribution in [0.25, 0.3) is 5.69 Å². The molecular formula is C17H15N5O3. The van der Waals surface area contributed by atoms with E-state index in [1.807, 2.05) is 42.5 Å². The minimum atomic E-state index is -0.575. The number of para-hydroxylation sites is 1. The van der Waals surface area contributed by atoms with Crippen LogP contribution in [0.1, 0.15) is 12.5 Å². The molecule has 8 heteroatoms. The number of carbonyl (C=O) groups excluding carboxylic acids is 1. The van der Waals surface area contributed by atoms with Crippen LogP contribution in [0.15, 0.2) is 66.1 Å². The molecule has 0 atom stereocenters. The number of hydrogen-bond acceptors (Lipinski definition) is 7. The molecule has 0 aliphatic rings. The molecule has 25 heavy (non-hydrogen) atoms. The molecule has 0 saturated carbocycles. The van der Waals surface area contributed by atoms with Crippen LogP contribution in [0.4, 0.5) is 0 Å². The fraction of sp³-hybridized carbons (Fsp3) is 0.118. The van der Waals surface area contributed by atoms with Crippen LogP contribution in [0.2, 0.25) is 0 Å². The summed E-state index contributed by atoms with van der Waals surface area (Å²) in [5.74, 6) is 0.0202. The monoisotopic (exact) mass is 337 g/mol. The van der Waals surface area contributed by atoms with Crippen LogP contribution in [-0.4, -0.2) is 38.5 Å². The normalized spacial score (nSPS) is 11.2. The Balaban J connectivity index is 1.55. The summed E-state index contributed by atoms with van der Waals surface area (Å²) in [6, 6.07) is 16.4. The van der Waals surface area contributed by atoms with Gasteiger partial charge in [0.15, 0.2) is 6.61 Å². The van der Waals surface area contributed by atoms with Gasteiger partial charge in [-0.2, -0.15) is 0 Å². The molecule has 0 fully saturated rings. The third kappa shape index (κ3) is 4.47. The standard InChI is InChI=1S/C17H15N5O3/c1-13(14-7-9-15(10-8-14)22-12-18-20-21-22)19-25-17(23)11-24-16-5-3-2-4-6-16/h2-10,12H,11H2,1H3/b19-13+. The lowest BCUT2D eigenvalue weighted by Gasteiger charge is -2.05. The summed E-state index contributed by atoms with van der Waals surface area (Å²) in [5, 5.41) is 14.8. The van der Waals surface area contributed by atoms with E-state index in [9.17, 15) is 4.79 Å². The van der Waals surface area contributed by atoms with Gasteiger partial charge in [-0.3, -0.25) is 0 Å². The Morgan fingerprint density at radius 1 is 1.12 bits per heavy atom. The first-order chi connectivity index (χ1) is 12.2. The first kappa shape index (κ1) is 16.3. The van der Waals surface area contributed by atoms with Gasteiger partial charge in [0.1, 0.15) is 12.1 Å². The van der Waals surface area contributed by atoms with Crippen LogP contribution in [0.5, 0.6) is 5.75 Å². The van der Waals surface area contributed by atoms with E-state index in [1.54, 1.807) is 19.1 Å². The van der Waals surface area contributed by atoms with Crippen LogP contribution < -0.4 is 4.74 Å². The lowest BCUT2D eigenvalue weighted by Crippen LogP contribution is -2.13. The highest BCUT2D eigenvalue weighted by Gasteiger charge is 2.06. The summed E-state index contributed by atoms with van der Waals surface area (Å²) in [5.41, 5.74) is 2.19. The van der Waals surface area contributed by atoms with Gasteiger partial charge in [-0.25, -0.2) is 9.48 Å². The number of oxime groups is 1. The number of ether oxygens (including phenoxy) is 1. The van der Waals surface area contributed by atoms with E-state index in [-0.39, 0.29) is 6.61 Å². The van der Waals surface area contributed by atoms with Gasteiger partial charge in [-0.15, -0.1) is 5.10 Å². The molecule has 3 rings (SSSR count). The molecule has 3 aromatic rings. The predicted octanol–water partition coefficient (Wildman–Crippen LogP) is 2.01. The highest BCUT2D eigenvalue weighted by atomic mass is 16.7. The number of tetrazole rings is 1.